The van der Waals surface area contributed by atoms with Gasteiger partial charge in [0.2, 0.25) is 5.91 Å². The van der Waals surface area contributed by atoms with Crippen LogP contribution in [-0.4, -0.2) is 10.9 Å². The number of hydrogen-bond acceptors (Lipinski definition) is 4. The van der Waals surface area contributed by atoms with Crippen molar-refractivity contribution in [1.29, 1.82) is 0 Å². The molecule has 5 nitrogen and oxygen atoms in total. The molecular weight excluding hydrogens is 242 g/mol. The van der Waals surface area contributed by atoms with Crippen LogP contribution in [0.4, 0.5) is 11.5 Å². The molecule has 0 saturated heterocycles. The minimum Gasteiger partial charge on any atom is -0.467 e. The van der Waals surface area contributed by atoms with Crippen molar-refractivity contribution in [3.63, 3.8) is 0 Å². The molecule has 0 bridgehead atoms. The number of nitrogens with one attached hydrogen (secondary N) is 2. The number of amides is 1. The molecule has 2 heterocycles. The van der Waals surface area contributed by atoms with Crippen molar-refractivity contribution >= 4 is 17.4 Å². The Hall–Kier alpha value is -2.30. The largest absolute Gasteiger partial charge is 0.467 e. The second kappa shape index (κ2) is 6.58. The minimum atomic E-state index is 0.0144. The Kier molecular flexibility index (Phi) is 4.55. The SMILES string of the molecule is CCCC(=O)Nc1ccc(NCc2ccco2)nc1. The number of carbonyl (C=O) groups excluding carboxylic acids is 1. The number of pyridine rings is 1. The second-order valence-corrected chi connectivity index (χ2v) is 4.16. The van der Waals surface area contributed by atoms with E-state index in [9.17, 15) is 4.79 Å². The number of carbonyl (C=O) groups is 1. The summed E-state index contributed by atoms with van der Waals surface area (Å²) in [6.07, 6.45) is 4.63. The minimum absolute atomic E-state index is 0.0144. The summed E-state index contributed by atoms with van der Waals surface area (Å²) >= 11 is 0. The summed E-state index contributed by atoms with van der Waals surface area (Å²) in [5.74, 6) is 1.60. The van der Waals surface area contributed by atoms with Gasteiger partial charge in [0.15, 0.2) is 0 Å². The van der Waals surface area contributed by atoms with Crippen LogP contribution in [0.2, 0.25) is 0 Å². The van der Waals surface area contributed by atoms with Crippen LogP contribution in [0, 0.1) is 0 Å². The molecule has 0 aliphatic carbocycles. The van der Waals surface area contributed by atoms with E-state index in [-0.39, 0.29) is 5.91 Å². The second-order valence-electron chi connectivity index (χ2n) is 4.16. The van der Waals surface area contributed by atoms with Crippen LogP contribution in [0.25, 0.3) is 0 Å². The maximum absolute atomic E-state index is 11.4. The lowest BCUT2D eigenvalue weighted by molar-refractivity contribution is -0.116. The molecule has 2 rings (SSSR count). The van der Waals surface area contributed by atoms with E-state index in [4.69, 9.17) is 4.42 Å². The number of rotatable bonds is 6. The highest BCUT2D eigenvalue weighted by atomic mass is 16.3. The first-order chi connectivity index (χ1) is 9.28. The number of anilines is 2. The normalized spacial score (nSPS) is 10.2. The summed E-state index contributed by atoms with van der Waals surface area (Å²) in [7, 11) is 0. The molecule has 0 spiro atoms. The molecule has 0 aliphatic heterocycles. The Balaban J connectivity index is 1.85. The maximum Gasteiger partial charge on any atom is 0.224 e. The molecule has 0 aliphatic rings. The molecule has 2 N–H and O–H groups in total. The average molecular weight is 259 g/mol. The first-order valence-electron chi connectivity index (χ1n) is 6.30. The zero-order valence-electron chi connectivity index (χ0n) is 10.8. The van der Waals surface area contributed by atoms with Crippen LogP contribution in [0.5, 0.6) is 0 Å². The van der Waals surface area contributed by atoms with Crippen molar-refractivity contribution in [3.8, 4) is 0 Å². The smallest absolute Gasteiger partial charge is 0.224 e. The van der Waals surface area contributed by atoms with E-state index in [0.717, 1.165) is 18.0 Å². The average Bonchev–Trinajstić information content (AvgIpc) is 2.91. The Bertz CT molecular complexity index is 506. The van der Waals surface area contributed by atoms with Crippen molar-refractivity contribution in [2.24, 2.45) is 0 Å². The monoisotopic (exact) mass is 259 g/mol. The molecule has 0 atom stereocenters. The highest BCUT2D eigenvalue weighted by Gasteiger charge is 2.02. The third kappa shape index (κ3) is 4.13. The summed E-state index contributed by atoms with van der Waals surface area (Å²) in [4.78, 5) is 15.6. The summed E-state index contributed by atoms with van der Waals surface area (Å²) in [5.41, 5.74) is 0.710. The lowest BCUT2D eigenvalue weighted by Gasteiger charge is -2.06. The van der Waals surface area contributed by atoms with Gasteiger partial charge in [0, 0.05) is 6.42 Å². The van der Waals surface area contributed by atoms with E-state index in [2.05, 4.69) is 15.6 Å². The molecule has 5 heteroatoms. The summed E-state index contributed by atoms with van der Waals surface area (Å²) in [6.45, 7) is 2.56. The van der Waals surface area contributed by atoms with Crippen LogP contribution in [0.3, 0.4) is 0 Å². The maximum atomic E-state index is 11.4. The molecule has 0 fully saturated rings. The molecule has 2 aromatic heterocycles. The van der Waals surface area contributed by atoms with E-state index in [1.54, 1.807) is 12.5 Å². The van der Waals surface area contributed by atoms with E-state index >= 15 is 0 Å². The van der Waals surface area contributed by atoms with Crippen molar-refractivity contribution in [2.45, 2.75) is 26.3 Å². The Morgan fingerprint density at radius 2 is 2.26 bits per heavy atom. The highest BCUT2D eigenvalue weighted by Crippen LogP contribution is 2.11. The Morgan fingerprint density at radius 1 is 1.37 bits per heavy atom. The number of aromatic nitrogens is 1. The van der Waals surface area contributed by atoms with Gasteiger partial charge in [-0.2, -0.15) is 0 Å². The van der Waals surface area contributed by atoms with Gasteiger partial charge in [-0.15, -0.1) is 0 Å². The molecule has 19 heavy (non-hydrogen) atoms. The molecular formula is C14H17N3O2. The van der Waals surface area contributed by atoms with Crippen LogP contribution in [0.15, 0.2) is 41.1 Å². The van der Waals surface area contributed by atoms with Crippen molar-refractivity contribution in [1.82, 2.24) is 4.98 Å². The fourth-order valence-electron chi connectivity index (χ4n) is 1.61. The first-order valence-corrected chi connectivity index (χ1v) is 6.30. The van der Waals surface area contributed by atoms with Gasteiger partial charge in [-0.25, -0.2) is 4.98 Å². The fourth-order valence-corrected chi connectivity index (χ4v) is 1.61. The van der Waals surface area contributed by atoms with E-state index in [1.807, 2.05) is 31.2 Å². The Morgan fingerprint density at radius 3 is 2.89 bits per heavy atom. The zero-order valence-corrected chi connectivity index (χ0v) is 10.8. The van der Waals surface area contributed by atoms with Gasteiger partial charge in [-0.05, 0) is 30.7 Å². The molecule has 0 unspecified atom stereocenters. The van der Waals surface area contributed by atoms with Gasteiger partial charge in [-0.1, -0.05) is 6.92 Å². The molecule has 0 saturated carbocycles. The van der Waals surface area contributed by atoms with E-state index in [1.165, 1.54) is 0 Å². The summed E-state index contributed by atoms with van der Waals surface area (Å²) in [6, 6.07) is 7.39. The zero-order chi connectivity index (χ0) is 13.5. The van der Waals surface area contributed by atoms with Crippen LogP contribution in [-0.2, 0) is 11.3 Å². The molecule has 2 aromatic rings. The summed E-state index contributed by atoms with van der Waals surface area (Å²) in [5, 5.41) is 5.93. The van der Waals surface area contributed by atoms with Crippen molar-refractivity contribution in [3.05, 3.63) is 42.5 Å². The predicted molar refractivity (Wildman–Crippen MR) is 73.8 cm³/mol. The standard InChI is InChI=1S/C14H17N3O2/c1-2-4-14(18)17-11-6-7-13(15-9-11)16-10-12-5-3-8-19-12/h3,5-9H,2,4,10H2,1H3,(H,15,16)(H,17,18). The third-order valence-electron chi connectivity index (χ3n) is 2.55. The van der Waals surface area contributed by atoms with Crippen molar-refractivity contribution in [2.75, 3.05) is 10.6 Å². The third-order valence-corrected chi connectivity index (χ3v) is 2.55. The topological polar surface area (TPSA) is 67.2 Å². The quantitative estimate of drug-likeness (QED) is 0.836. The van der Waals surface area contributed by atoms with Crippen molar-refractivity contribution < 1.29 is 9.21 Å². The van der Waals surface area contributed by atoms with E-state index in [0.29, 0.717) is 18.7 Å². The van der Waals surface area contributed by atoms with Crippen LogP contribution in [0.1, 0.15) is 25.5 Å². The molecule has 0 aromatic carbocycles. The lowest BCUT2D eigenvalue weighted by Crippen LogP contribution is -2.11. The molecule has 100 valence electrons. The Labute approximate surface area is 112 Å². The van der Waals surface area contributed by atoms with Gasteiger partial charge in [0.05, 0.1) is 24.7 Å². The molecule has 0 radical (unpaired) electrons. The van der Waals surface area contributed by atoms with E-state index < -0.39 is 0 Å². The molecule has 1 amide bonds. The van der Waals surface area contributed by atoms with Gasteiger partial charge in [-0.3, -0.25) is 4.79 Å². The van der Waals surface area contributed by atoms with Gasteiger partial charge in [0.1, 0.15) is 11.6 Å². The number of nitrogens with zero attached hydrogens (tertiary/aromatic N) is 1. The number of hydrogen-bond donors (Lipinski definition) is 2. The van der Waals surface area contributed by atoms with Crippen LogP contribution >= 0.6 is 0 Å². The number of furan rings is 1. The fraction of sp³-hybridized carbons (Fsp3) is 0.286. The lowest BCUT2D eigenvalue weighted by atomic mass is 10.3. The first kappa shape index (κ1) is 13.1. The summed E-state index contributed by atoms with van der Waals surface area (Å²) < 4.78 is 5.21. The highest BCUT2D eigenvalue weighted by molar-refractivity contribution is 5.90. The van der Waals surface area contributed by atoms with Gasteiger partial charge in [0.25, 0.3) is 0 Å². The van der Waals surface area contributed by atoms with Gasteiger partial charge >= 0.3 is 0 Å². The van der Waals surface area contributed by atoms with Gasteiger partial charge < -0.3 is 15.1 Å². The van der Waals surface area contributed by atoms with Crippen LogP contribution < -0.4 is 10.6 Å². The predicted octanol–water partition coefficient (Wildman–Crippen LogP) is 3.03.